The molecule has 3 rings (SSSR count). The number of likely N-dealkylation sites (tertiary alicyclic amines) is 1. The molecule has 0 spiro atoms. The number of nitrogens with one attached hydrogen (secondary N) is 2. The van der Waals surface area contributed by atoms with E-state index in [4.69, 9.17) is 0 Å². The van der Waals surface area contributed by atoms with E-state index in [0.29, 0.717) is 18.0 Å². The molecule has 1 aromatic carbocycles. The fraction of sp³-hybridized carbons (Fsp3) is 0.579. The number of nitrogens with zero attached hydrogens (tertiary/aromatic N) is 4. The quantitative estimate of drug-likeness (QED) is 0.644. The highest BCUT2D eigenvalue weighted by molar-refractivity contribution is 5.80. The van der Waals surface area contributed by atoms with Gasteiger partial charge in [0.05, 0.1) is 17.4 Å². The lowest BCUT2D eigenvalue weighted by Gasteiger charge is -2.22. The van der Waals surface area contributed by atoms with Crippen molar-refractivity contribution in [3.63, 3.8) is 0 Å². The Hall–Kier alpha value is -2.08. The standard InChI is InChI=1S/C19H30N6/c1-14(2)25-11-15(3)17(12-25)23-19(20-4)21-9-10-24-13-22-16-7-5-6-8-18(16)24/h5-8,13-15,17H,9-12H2,1-4H3,(H2,20,21,23). The van der Waals surface area contributed by atoms with Crippen LogP contribution in [0.25, 0.3) is 11.0 Å². The summed E-state index contributed by atoms with van der Waals surface area (Å²) in [5, 5.41) is 7.03. The van der Waals surface area contributed by atoms with Crippen LogP contribution in [0.2, 0.25) is 0 Å². The fourth-order valence-electron chi connectivity index (χ4n) is 3.47. The molecular formula is C19H30N6. The maximum Gasteiger partial charge on any atom is 0.191 e. The summed E-state index contributed by atoms with van der Waals surface area (Å²) in [5.41, 5.74) is 2.21. The lowest BCUT2D eigenvalue weighted by molar-refractivity contribution is 0.265. The maximum absolute atomic E-state index is 4.44. The van der Waals surface area contributed by atoms with E-state index in [-0.39, 0.29) is 0 Å². The Bertz CT molecular complexity index is 720. The molecule has 2 aromatic rings. The van der Waals surface area contributed by atoms with Crippen LogP contribution in [0.1, 0.15) is 20.8 Å². The Kier molecular flexibility index (Phi) is 5.58. The number of hydrogen-bond donors (Lipinski definition) is 2. The number of fused-ring (bicyclic) bond motifs is 1. The van der Waals surface area contributed by atoms with Crippen molar-refractivity contribution in [3.8, 4) is 0 Å². The van der Waals surface area contributed by atoms with Crippen LogP contribution in [-0.4, -0.2) is 59.2 Å². The summed E-state index contributed by atoms with van der Waals surface area (Å²) in [4.78, 5) is 11.3. The number of rotatable bonds is 5. The van der Waals surface area contributed by atoms with Crippen LogP contribution in [0.5, 0.6) is 0 Å². The Morgan fingerprint density at radius 2 is 2.12 bits per heavy atom. The van der Waals surface area contributed by atoms with Crippen LogP contribution in [0.15, 0.2) is 35.6 Å². The molecule has 2 N–H and O–H groups in total. The number of benzene rings is 1. The van der Waals surface area contributed by atoms with Gasteiger partial charge in [0, 0.05) is 45.3 Å². The third-order valence-corrected chi connectivity index (χ3v) is 5.09. The zero-order valence-corrected chi connectivity index (χ0v) is 15.7. The van der Waals surface area contributed by atoms with Crippen molar-refractivity contribution in [1.82, 2.24) is 25.1 Å². The molecule has 0 amide bonds. The topological polar surface area (TPSA) is 57.5 Å². The average Bonchev–Trinajstić information content (AvgIpc) is 3.18. The molecule has 0 bridgehead atoms. The molecule has 0 aliphatic carbocycles. The van der Waals surface area contributed by atoms with E-state index in [1.54, 1.807) is 0 Å². The van der Waals surface area contributed by atoms with Crippen LogP contribution < -0.4 is 10.6 Å². The van der Waals surface area contributed by atoms with Gasteiger partial charge in [0.1, 0.15) is 0 Å². The van der Waals surface area contributed by atoms with E-state index in [0.717, 1.165) is 37.7 Å². The number of imidazole rings is 1. The van der Waals surface area contributed by atoms with Gasteiger partial charge in [0.15, 0.2) is 5.96 Å². The van der Waals surface area contributed by atoms with Crippen LogP contribution in [-0.2, 0) is 6.54 Å². The molecule has 1 saturated heterocycles. The molecule has 6 heteroatoms. The van der Waals surface area contributed by atoms with Crippen LogP contribution >= 0.6 is 0 Å². The van der Waals surface area contributed by atoms with E-state index in [2.05, 4.69) is 63.0 Å². The van der Waals surface area contributed by atoms with E-state index < -0.39 is 0 Å². The van der Waals surface area contributed by atoms with E-state index in [9.17, 15) is 0 Å². The lowest BCUT2D eigenvalue weighted by atomic mass is 10.1. The molecule has 0 radical (unpaired) electrons. The molecule has 6 nitrogen and oxygen atoms in total. The summed E-state index contributed by atoms with van der Waals surface area (Å²) in [6.07, 6.45) is 1.90. The third kappa shape index (κ3) is 4.12. The van der Waals surface area contributed by atoms with Crippen LogP contribution in [0.4, 0.5) is 0 Å². The molecular weight excluding hydrogens is 312 g/mol. The van der Waals surface area contributed by atoms with Crippen molar-refractivity contribution < 1.29 is 0 Å². The molecule has 2 atom stereocenters. The second-order valence-corrected chi connectivity index (χ2v) is 7.20. The van der Waals surface area contributed by atoms with Gasteiger partial charge in [0.25, 0.3) is 0 Å². The number of aromatic nitrogens is 2. The van der Waals surface area contributed by atoms with Crippen molar-refractivity contribution in [3.05, 3.63) is 30.6 Å². The van der Waals surface area contributed by atoms with Crippen LogP contribution in [0, 0.1) is 5.92 Å². The summed E-state index contributed by atoms with van der Waals surface area (Å²) in [6.45, 7) is 10.7. The summed E-state index contributed by atoms with van der Waals surface area (Å²) >= 11 is 0. The van der Waals surface area contributed by atoms with E-state index in [1.807, 2.05) is 25.5 Å². The van der Waals surface area contributed by atoms with Gasteiger partial charge in [-0.3, -0.25) is 9.89 Å². The first-order valence-corrected chi connectivity index (χ1v) is 9.19. The Morgan fingerprint density at radius 1 is 1.32 bits per heavy atom. The molecule has 2 unspecified atom stereocenters. The van der Waals surface area contributed by atoms with Gasteiger partial charge in [-0.25, -0.2) is 4.98 Å². The van der Waals surface area contributed by atoms with Gasteiger partial charge in [0.2, 0.25) is 0 Å². The summed E-state index contributed by atoms with van der Waals surface area (Å²) in [7, 11) is 1.84. The summed E-state index contributed by atoms with van der Waals surface area (Å²) in [5.74, 6) is 1.51. The highest BCUT2D eigenvalue weighted by Gasteiger charge is 2.31. The van der Waals surface area contributed by atoms with Crippen molar-refractivity contribution in [2.45, 2.75) is 39.4 Å². The highest BCUT2D eigenvalue weighted by atomic mass is 15.3. The fourth-order valence-corrected chi connectivity index (χ4v) is 3.47. The minimum atomic E-state index is 0.447. The van der Waals surface area contributed by atoms with Gasteiger partial charge in [-0.1, -0.05) is 19.1 Å². The first-order valence-electron chi connectivity index (χ1n) is 9.19. The molecule has 2 heterocycles. The maximum atomic E-state index is 4.44. The Morgan fingerprint density at radius 3 is 2.84 bits per heavy atom. The second kappa shape index (κ2) is 7.87. The Labute approximate surface area is 150 Å². The van der Waals surface area contributed by atoms with Gasteiger partial charge >= 0.3 is 0 Å². The minimum Gasteiger partial charge on any atom is -0.355 e. The predicted octanol–water partition coefficient (Wildman–Crippen LogP) is 1.93. The third-order valence-electron chi connectivity index (χ3n) is 5.09. The first kappa shape index (κ1) is 17.7. The number of aliphatic imine (C=N–C) groups is 1. The summed E-state index contributed by atoms with van der Waals surface area (Å²) < 4.78 is 2.17. The van der Waals surface area contributed by atoms with Gasteiger partial charge in [-0.05, 0) is 31.9 Å². The second-order valence-electron chi connectivity index (χ2n) is 7.20. The minimum absolute atomic E-state index is 0.447. The lowest BCUT2D eigenvalue weighted by Crippen LogP contribution is -2.47. The molecule has 1 aliphatic heterocycles. The first-order chi connectivity index (χ1) is 12.1. The van der Waals surface area contributed by atoms with Crippen molar-refractivity contribution in [2.75, 3.05) is 26.7 Å². The van der Waals surface area contributed by atoms with Gasteiger partial charge in [-0.2, -0.15) is 0 Å². The summed E-state index contributed by atoms with van der Waals surface area (Å²) in [6, 6.07) is 9.27. The Balaban J connectivity index is 1.51. The van der Waals surface area contributed by atoms with Gasteiger partial charge < -0.3 is 15.2 Å². The molecule has 1 aromatic heterocycles. The zero-order valence-electron chi connectivity index (χ0n) is 15.7. The van der Waals surface area contributed by atoms with Gasteiger partial charge in [-0.15, -0.1) is 0 Å². The largest absolute Gasteiger partial charge is 0.355 e. The van der Waals surface area contributed by atoms with E-state index >= 15 is 0 Å². The molecule has 1 aliphatic rings. The highest BCUT2D eigenvalue weighted by Crippen LogP contribution is 2.18. The van der Waals surface area contributed by atoms with E-state index in [1.165, 1.54) is 5.52 Å². The van der Waals surface area contributed by atoms with Crippen molar-refractivity contribution >= 4 is 17.0 Å². The number of para-hydroxylation sites is 2. The molecule has 1 fully saturated rings. The smallest absolute Gasteiger partial charge is 0.191 e. The van der Waals surface area contributed by atoms with Crippen molar-refractivity contribution in [2.24, 2.45) is 10.9 Å². The molecule has 136 valence electrons. The number of guanidine groups is 1. The zero-order chi connectivity index (χ0) is 17.8. The molecule has 0 saturated carbocycles. The normalized spacial score (nSPS) is 22.0. The monoisotopic (exact) mass is 342 g/mol. The predicted molar refractivity (Wildman–Crippen MR) is 104 cm³/mol. The average molecular weight is 342 g/mol. The van der Waals surface area contributed by atoms with Crippen molar-refractivity contribution in [1.29, 1.82) is 0 Å². The SMILES string of the molecule is CN=C(NCCn1cnc2ccccc21)NC1CN(C(C)C)CC1C. The number of hydrogen-bond acceptors (Lipinski definition) is 3. The molecule has 25 heavy (non-hydrogen) atoms. The van der Waals surface area contributed by atoms with Crippen LogP contribution in [0.3, 0.4) is 0 Å².